The summed E-state index contributed by atoms with van der Waals surface area (Å²) < 4.78 is 0. The van der Waals surface area contributed by atoms with E-state index in [0.29, 0.717) is 39.3 Å². The molecular formula is C10H20N2Na4O4. The van der Waals surface area contributed by atoms with Gasteiger partial charge >= 0.3 is 118 Å². The zero-order valence-electron chi connectivity index (χ0n) is 13.6. The van der Waals surface area contributed by atoms with Crippen LogP contribution in [0.3, 0.4) is 0 Å². The van der Waals surface area contributed by atoms with Gasteiger partial charge in [-0.3, -0.25) is 0 Å². The molecule has 0 aromatic heterocycles. The molecule has 0 aromatic rings. The summed E-state index contributed by atoms with van der Waals surface area (Å²) in [6, 6.07) is 0. The molecule has 0 fully saturated rings. The van der Waals surface area contributed by atoms with Gasteiger partial charge in [0.05, 0.1) is 0 Å². The van der Waals surface area contributed by atoms with Gasteiger partial charge in [0.1, 0.15) is 0 Å². The Balaban J connectivity index is -0.000000187. The summed E-state index contributed by atoms with van der Waals surface area (Å²) in [6.07, 6.45) is 0. The molecule has 10 heteroatoms. The largest absolute Gasteiger partial charge is 1.00 e. The Kier molecular flexibility index (Phi) is 48.3. The van der Waals surface area contributed by atoms with Gasteiger partial charge in [0.15, 0.2) is 0 Å². The number of hydrogen-bond donors (Lipinski definition) is 0. The van der Waals surface area contributed by atoms with Crippen molar-refractivity contribution < 1.29 is 139 Å². The molecule has 6 nitrogen and oxygen atoms in total. The summed E-state index contributed by atoms with van der Waals surface area (Å²) in [4.78, 5) is 3.56. The van der Waals surface area contributed by atoms with E-state index in [1.165, 1.54) is 0 Å². The summed E-state index contributed by atoms with van der Waals surface area (Å²) in [7, 11) is 0. The topological polar surface area (TPSA) is 98.7 Å². The molecule has 0 heterocycles. The minimum Gasteiger partial charge on any atom is -0.854 e. The Morgan fingerprint density at radius 3 is 0.750 bits per heavy atom. The van der Waals surface area contributed by atoms with Crippen LogP contribution in [-0.4, -0.2) is 75.5 Å². The summed E-state index contributed by atoms with van der Waals surface area (Å²) >= 11 is 0. The molecule has 0 aromatic carbocycles. The smallest absolute Gasteiger partial charge is 0.854 e. The van der Waals surface area contributed by atoms with E-state index < -0.39 is 0 Å². The zero-order chi connectivity index (χ0) is 12.2. The minimum absolute atomic E-state index is 0. The first-order valence-electron chi connectivity index (χ1n) is 5.55. The van der Waals surface area contributed by atoms with E-state index in [4.69, 9.17) is 0 Å². The van der Waals surface area contributed by atoms with Crippen molar-refractivity contribution in [2.24, 2.45) is 0 Å². The van der Waals surface area contributed by atoms with Gasteiger partial charge in [0.2, 0.25) is 0 Å². The molecule has 20 heavy (non-hydrogen) atoms. The summed E-state index contributed by atoms with van der Waals surface area (Å²) in [6.45, 7) is 1.62. The van der Waals surface area contributed by atoms with Crippen LogP contribution in [0.15, 0.2) is 0 Å². The Hall–Kier alpha value is 3.76. The van der Waals surface area contributed by atoms with E-state index >= 15 is 0 Å². The fourth-order valence-electron chi connectivity index (χ4n) is 1.47. The standard InChI is InChI=1S/C10H20N2O4.4Na/c13-7-3-11(4-8-14)1-2-12(5-9-15)6-10-16;;;;/h1-10H2;;;;/q-4;4*+1. The Morgan fingerprint density at radius 1 is 0.400 bits per heavy atom. The Bertz CT molecular complexity index is 135. The maximum atomic E-state index is 10.5. The molecule has 0 spiro atoms. The van der Waals surface area contributed by atoms with Crippen LogP contribution in [0.5, 0.6) is 0 Å². The van der Waals surface area contributed by atoms with Crippen LogP contribution < -0.4 is 139 Å². The minimum atomic E-state index is -0.233. The van der Waals surface area contributed by atoms with E-state index in [1.807, 2.05) is 0 Å². The van der Waals surface area contributed by atoms with E-state index in [0.717, 1.165) is 0 Å². The molecule has 0 aliphatic heterocycles. The van der Waals surface area contributed by atoms with E-state index in [1.54, 1.807) is 9.80 Å². The van der Waals surface area contributed by atoms with E-state index in [2.05, 4.69) is 0 Å². The average molecular weight is 324 g/mol. The molecule has 0 saturated carbocycles. The van der Waals surface area contributed by atoms with Crippen LogP contribution in [-0.2, 0) is 0 Å². The van der Waals surface area contributed by atoms with Crippen LogP contribution in [0.2, 0.25) is 0 Å². The van der Waals surface area contributed by atoms with Gasteiger partial charge in [0.25, 0.3) is 0 Å². The van der Waals surface area contributed by atoms with Crippen molar-refractivity contribution in [2.75, 3.05) is 65.7 Å². The maximum absolute atomic E-state index is 10.5. The first-order chi connectivity index (χ1) is 7.78. The summed E-state index contributed by atoms with van der Waals surface area (Å²) in [5.41, 5.74) is 0. The predicted molar refractivity (Wildman–Crippen MR) is 52.3 cm³/mol. The van der Waals surface area contributed by atoms with Crippen LogP contribution >= 0.6 is 0 Å². The third-order valence-electron chi connectivity index (χ3n) is 2.36. The number of rotatable bonds is 11. The van der Waals surface area contributed by atoms with Gasteiger partial charge in [-0.15, -0.1) is 26.4 Å². The van der Waals surface area contributed by atoms with Crippen molar-refractivity contribution in [3.8, 4) is 0 Å². The van der Waals surface area contributed by atoms with Gasteiger partial charge in [-0.25, -0.2) is 0 Å². The molecule has 0 radical (unpaired) electrons. The fraction of sp³-hybridized carbons (Fsp3) is 1.00. The third-order valence-corrected chi connectivity index (χ3v) is 2.36. The van der Waals surface area contributed by atoms with Crippen LogP contribution in [0.1, 0.15) is 0 Å². The molecule has 0 atom stereocenters. The molecule has 0 bridgehead atoms. The van der Waals surface area contributed by atoms with Crippen molar-refractivity contribution in [3.63, 3.8) is 0 Å². The molecule has 0 amide bonds. The average Bonchev–Trinajstić information content (AvgIpc) is 2.27. The van der Waals surface area contributed by atoms with Crippen molar-refractivity contribution >= 4 is 0 Å². The monoisotopic (exact) mass is 324 g/mol. The van der Waals surface area contributed by atoms with Gasteiger partial charge in [0, 0.05) is 13.1 Å². The third kappa shape index (κ3) is 21.8. The van der Waals surface area contributed by atoms with Crippen LogP contribution in [0.25, 0.3) is 0 Å². The zero-order valence-corrected chi connectivity index (χ0v) is 21.6. The summed E-state index contributed by atoms with van der Waals surface area (Å²) in [5, 5.41) is 41.8. The van der Waals surface area contributed by atoms with Crippen molar-refractivity contribution in [1.82, 2.24) is 9.80 Å². The summed E-state index contributed by atoms with van der Waals surface area (Å²) in [5.74, 6) is 0. The quantitative estimate of drug-likeness (QED) is 0.350. The second-order valence-electron chi connectivity index (χ2n) is 3.50. The van der Waals surface area contributed by atoms with Crippen molar-refractivity contribution in [2.45, 2.75) is 0 Å². The van der Waals surface area contributed by atoms with Gasteiger partial charge in [-0.2, -0.15) is 0 Å². The van der Waals surface area contributed by atoms with Gasteiger partial charge < -0.3 is 30.2 Å². The molecule has 0 saturated heterocycles. The van der Waals surface area contributed by atoms with Gasteiger partial charge in [-0.05, 0) is 26.2 Å². The second kappa shape index (κ2) is 27.6. The van der Waals surface area contributed by atoms with Crippen LogP contribution in [0, 0.1) is 0 Å². The molecule has 0 N–H and O–H groups in total. The molecule has 0 aliphatic rings. The second-order valence-corrected chi connectivity index (χ2v) is 3.50. The fourth-order valence-corrected chi connectivity index (χ4v) is 1.47. The van der Waals surface area contributed by atoms with Crippen LogP contribution in [0.4, 0.5) is 0 Å². The van der Waals surface area contributed by atoms with E-state index in [-0.39, 0.29) is 145 Å². The number of nitrogens with zero attached hydrogens (tertiary/aromatic N) is 2. The van der Waals surface area contributed by atoms with E-state index in [9.17, 15) is 20.4 Å². The Labute approximate surface area is 210 Å². The molecule has 0 aliphatic carbocycles. The first-order valence-corrected chi connectivity index (χ1v) is 5.55. The van der Waals surface area contributed by atoms with Gasteiger partial charge in [-0.1, -0.05) is 0 Å². The van der Waals surface area contributed by atoms with Crippen molar-refractivity contribution in [3.05, 3.63) is 0 Å². The maximum Gasteiger partial charge on any atom is 1.00 e. The number of hydrogen-bond acceptors (Lipinski definition) is 6. The van der Waals surface area contributed by atoms with Crippen molar-refractivity contribution in [1.29, 1.82) is 0 Å². The normalized spacial score (nSPS) is 9.30. The molecule has 0 rings (SSSR count). The molecule has 98 valence electrons. The first kappa shape index (κ1) is 35.0. The Morgan fingerprint density at radius 2 is 0.600 bits per heavy atom. The SMILES string of the molecule is [Na+].[Na+].[Na+].[Na+].[O-]CCN(CC[O-])CCN(CC[O-])CC[O-]. The molecular weight excluding hydrogens is 304 g/mol. The molecule has 0 unspecified atom stereocenters. The predicted octanol–water partition coefficient (Wildman–Crippen LogP) is -17.0.